The van der Waals surface area contributed by atoms with Crippen molar-refractivity contribution in [1.29, 1.82) is 0 Å². The number of para-hydroxylation sites is 1. The average Bonchev–Trinajstić information content (AvgIpc) is 3.01. The lowest BCUT2D eigenvalue weighted by Crippen LogP contribution is -2.28. The van der Waals surface area contributed by atoms with E-state index in [2.05, 4.69) is 10.6 Å². The standard InChI is InChI=1S/C20H23N3O2/c21-18-8-4-5-15(18)13-19(24)22-17-11-9-14(10-12-17)20(25)23-16-6-2-1-3-7-16/h1-3,6-7,9-12,15,18H,4-5,8,13,21H2,(H,22,24)(H,23,25)/t15-,18+/m0/s1. The number of hydrogen-bond donors (Lipinski definition) is 3. The second kappa shape index (κ2) is 7.94. The third kappa shape index (κ3) is 4.67. The number of carbonyl (C=O) groups excluding carboxylic acids is 2. The normalized spacial score (nSPS) is 19.4. The van der Waals surface area contributed by atoms with Crippen LogP contribution >= 0.6 is 0 Å². The average molecular weight is 337 g/mol. The molecule has 0 aliphatic heterocycles. The Morgan fingerprint density at radius 2 is 1.60 bits per heavy atom. The molecule has 1 aliphatic carbocycles. The van der Waals surface area contributed by atoms with Crippen LogP contribution in [0.15, 0.2) is 54.6 Å². The van der Waals surface area contributed by atoms with Crippen LogP contribution in [-0.4, -0.2) is 17.9 Å². The third-order valence-corrected chi connectivity index (χ3v) is 4.63. The van der Waals surface area contributed by atoms with Gasteiger partial charge >= 0.3 is 0 Å². The molecule has 0 aromatic heterocycles. The number of amides is 2. The Hall–Kier alpha value is -2.66. The highest BCUT2D eigenvalue weighted by Crippen LogP contribution is 2.27. The lowest BCUT2D eigenvalue weighted by atomic mass is 10.00. The van der Waals surface area contributed by atoms with Crippen LogP contribution in [-0.2, 0) is 4.79 Å². The van der Waals surface area contributed by atoms with Crippen LogP contribution in [0.2, 0.25) is 0 Å². The molecule has 1 saturated carbocycles. The fourth-order valence-corrected chi connectivity index (χ4v) is 3.20. The van der Waals surface area contributed by atoms with E-state index in [9.17, 15) is 9.59 Å². The van der Waals surface area contributed by atoms with Crippen molar-refractivity contribution in [1.82, 2.24) is 0 Å². The minimum absolute atomic E-state index is 0.0242. The highest BCUT2D eigenvalue weighted by Gasteiger charge is 2.26. The SMILES string of the molecule is N[C@@H]1CCC[C@H]1CC(=O)Nc1ccc(C(=O)Nc2ccccc2)cc1. The first-order valence-electron chi connectivity index (χ1n) is 8.64. The number of carbonyl (C=O) groups is 2. The van der Waals surface area contributed by atoms with Gasteiger partial charge in [0.2, 0.25) is 5.91 Å². The van der Waals surface area contributed by atoms with Gasteiger partial charge in [-0.3, -0.25) is 9.59 Å². The first kappa shape index (κ1) is 17.2. The molecule has 0 radical (unpaired) electrons. The molecule has 0 unspecified atom stereocenters. The van der Waals surface area contributed by atoms with E-state index >= 15 is 0 Å². The van der Waals surface area contributed by atoms with Crippen LogP contribution < -0.4 is 16.4 Å². The number of nitrogens with two attached hydrogens (primary N) is 1. The van der Waals surface area contributed by atoms with Gasteiger partial charge in [-0.15, -0.1) is 0 Å². The molecule has 0 saturated heterocycles. The second-order valence-electron chi connectivity index (χ2n) is 6.50. The summed E-state index contributed by atoms with van der Waals surface area (Å²) in [7, 11) is 0. The summed E-state index contributed by atoms with van der Waals surface area (Å²) in [6, 6.07) is 16.3. The Bertz CT molecular complexity index is 728. The lowest BCUT2D eigenvalue weighted by molar-refractivity contribution is -0.117. The maximum absolute atomic E-state index is 12.2. The Morgan fingerprint density at radius 3 is 2.24 bits per heavy atom. The molecule has 1 aliphatic rings. The smallest absolute Gasteiger partial charge is 0.255 e. The van der Waals surface area contributed by atoms with Crippen LogP contribution in [0.4, 0.5) is 11.4 Å². The second-order valence-corrected chi connectivity index (χ2v) is 6.50. The van der Waals surface area contributed by atoms with Gasteiger partial charge in [-0.1, -0.05) is 24.6 Å². The third-order valence-electron chi connectivity index (χ3n) is 4.63. The number of nitrogens with one attached hydrogen (secondary N) is 2. The van der Waals surface area contributed by atoms with E-state index in [1.807, 2.05) is 30.3 Å². The minimum Gasteiger partial charge on any atom is -0.327 e. The fraction of sp³-hybridized carbons (Fsp3) is 0.300. The lowest BCUT2D eigenvalue weighted by Gasteiger charge is -2.14. The summed E-state index contributed by atoms with van der Waals surface area (Å²) in [6.07, 6.45) is 3.58. The summed E-state index contributed by atoms with van der Waals surface area (Å²) < 4.78 is 0. The van der Waals surface area contributed by atoms with E-state index in [4.69, 9.17) is 5.73 Å². The highest BCUT2D eigenvalue weighted by atomic mass is 16.2. The zero-order chi connectivity index (χ0) is 17.6. The van der Waals surface area contributed by atoms with Crippen molar-refractivity contribution in [3.63, 3.8) is 0 Å². The van der Waals surface area contributed by atoms with Gasteiger partial charge in [-0.05, 0) is 55.2 Å². The predicted octanol–water partition coefficient (Wildman–Crippen LogP) is 3.39. The Labute approximate surface area is 147 Å². The van der Waals surface area contributed by atoms with E-state index in [-0.39, 0.29) is 23.8 Å². The fourth-order valence-electron chi connectivity index (χ4n) is 3.20. The van der Waals surface area contributed by atoms with Gasteiger partial charge in [0.25, 0.3) is 5.91 Å². The van der Waals surface area contributed by atoms with Gasteiger partial charge in [-0.2, -0.15) is 0 Å². The van der Waals surface area contributed by atoms with E-state index in [1.54, 1.807) is 24.3 Å². The molecule has 130 valence electrons. The molecule has 25 heavy (non-hydrogen) atoms. The van der Waals surface area contributed by atoms with E-state index in [0.717, 1.165) is 24.9 Å². The van der Waals surface area contributed by atoms with Crippen molar-refractivity contribution >= 4 is 23.2 Å². The van der Waals surface area contributed by atoms with E-state index in [0.29, 0.717) is 17.7 Å². The number of benzene rings is 2. The van der Waals surface area contributed by atoms with Gasteiger partial charge < -0.3 is 16.4 Å². The van der Waals surface area contributed by atoms with Gasteiger partial charge in [0.15, 0.2) is 0 Å². The van der Waals surface area contributed by atoms with Crippen molar-refractivity contribution in [3.8, 4) is 0 Å². The first-order chi connectivity index (χ1) is 12.1. The molecular weight excluding hydrogens is 314 g/mol. The van der Waals surface area contributed by atoms with Crippen molar-refractivity contribution in [2.45, 2.75) is 31.7 Å². The van der Waals surface area contributed by atoms with Gasteiger partial charge in [-0.25, -0.2) is 0 Å². The van der Waals surface area contributed by atoms with Crippen LogP contribution in [0.1, 0.15) is 36.0 Å². The molecule has 2 atom stereocenters. The number of hydrogen-bond acceptors (Lipinski definition) is 3. The van der Waals surface area contributed by atoms with Gasteiger partial charge in [0, 0.05) is 29.4 Å². The molecule has 0 spiro atoms. The van der Waals surface area contributed by atoms with Crippen LogP contribution in [0.3, 0.4) is 0 Å². The Kier molecular flexibility index (Phi) is 5.46. The predicted molar refractivity (Wildman–Crippen MR) is 99.4 cm³/mol. The van der Waals surface area contributed by atoms with Gasteiger partial charge in [0.1, 0.15) is 0 Å². The molecule has 1 fully saturated rings. The summed E-state index contributed by atoms with van der Waals surface area (Å²) in [6.45, 7) is 0. The Morgan fingerprint density at radius 1 is 0.920 bits per heavy atom. The van der Waals surface area contributed by atoms with Crippen LogP contribution in [0.25, 0.3) is 0 Å². The topological polar surface area (TPSA) is 84.2 Å². The number of rotatable bonds is 5. The monoisotopic (exact) mass is 337 g/mol. The van der Waals surface area contributed by atoms with Crippen molar-refractivity contribution < 1.29 is 9.59 Å². The molecule has 3 rings (SSSR count). The maximum Gasteiger partial charge on any atom is 0.255 e. The number of anilines is 2. The Balaban J connectivity index is 1.54. The quantitative estimate of drug-likeness (QED) is 0.782. The van der Waals surface area contributed by atoms with Crippen molar-refractivity contribution in [2.24, 2.45) is 11.7 Å². The molecule has 0 bridgehead atoms. The summed E-state index contributed by atoms with van der Waals surface area (Å²) >= 11 is 0. The molecule has 2 amide bonds. The van der Waals surface area contributed by atoms with Crippen molar-refractivity contribution in [2.75, 3.05) is 10.6 Å². The van der Waals surface area contributed by atoms with Crippen LogP contribution in [0.5, 0.6) is 0 Å². The zero-order valence-electron chi connectivity index (χ0n) is 14.1. The maximum atomic E-state index is 12.2. The summed E-state index contributed by atoms with van der Waals surface area (Å²) in [5.74, 6) is 0.0702. The molecular formula is C20H23N3O2. The van der Waals surface area contributed by atoms with Crippen LogP contribution in [0, 0.1) is 5.92 Å². The minimum atomic E-state index is -0.180. The largest absolute Gasteiger partial charge is 0.327 e. The summed E-state index contributed by atoms with van der Waals surface area (Å²) in [5, 5.41) is 5.71. The van der Waals surface area contributed by atoms with E-state index < -0.39 is 0 Å². The van der Waals surface area contributed by atoms with E-state index in [1.165, 1.54) is 0 Å². The van der Waals surface area contributed by atoms with Gasteiger partial charge in [0.05, 0.1) is 0 Å². The molecule has 4 N–H and O–H groups in total. The molecule has 2 aromatic carbocycles. The molecule has 0 heterocycles. The van der Waals surface area contributed by atoms with Crippen molar-refractivity contribution in [3.05, 3.63) is 60.2 Å². The highest BCUT2D eigenvalue weighted by molar-refractivity contribution is 6.04. The first-order valence-corrected chi connectivity index (χ1v) is 8.64. The molecule has 5 nitrogen and oxygen atoms in total. The molecule has 2 aromatic rings. The zero-order valence-corrected chi connectivity index (χ0v) is 14.1. The molecule has 5 heteroatoms. The summed E-state index contributed by atoms with van der Waals surface area (Å²) in [4.78, 5) is 24.3. The summed E-state index contributed by atoms with van der Waals surface area (Å²) in [5.41, 5.74) is 7.99.